The van der Waals surface area contributed by atoms with Gasteiger partial charge in [-0.2, -0.15) is 0 Å². The molecule has 1 aliphatic rings. The predicted octanol–water partition coefficient (Wildman–Crippen LogP) is 4.20. The van der Waals surface area contributed by atoms with Gasteiger partial charge in [0.2, 0.25) is 0 Å². The summed E-state index contributed by atoms with van der Waals surface area (Å²) in [4.78, 5) is 4.62. The Kier molecular flexibility index (Phi) is 3.50. The molecule has 20 heavy (non-hydrogen) atoms. The van der Waals surface area contributed by atoms with Gasteiger partial charge in [0.25, 0.3) is 0 Å². The van der Waals surface area contributed by atoms with E-state index in [1.807, 2.05) is 6.20 Å². The highest BCUT2D eigenvalue weighted by Gasteiger charge is 2.34. The number of benzene rings is 1. The summed E-state index contributed by atoms with van der Waals surface area (Å²) in [7, 11) is 0. The fraction of sp³-hybridized carbons (Fsp3) is 0.188. The highest BCUT2D eigenvalue weighted by molar-refractivity contribution is 7.17. The van der Waals surface area contributed by atoms with Crippen molar-refractivity contribution in [1.29, 1.82) is 0 Å². The lowest BCUT2D eigenvalue weighted by Crippen LogP contribution is -2.01. The van der Waals surface area contributed by atoms with Crippen LogP contribution in [0.3, 0.4) is 0 Å². The van der Waals surface area contributed by atoms with Crippen molar-refractivity contribution in [3.8, 4) is 11.3 Å². The molecule has 1 aliphatic carbocycles. The number of fused-ring (bicyclic) bond motifs is 1. The van der Waals surface area contributed by atoms with Gasteiger partial charge in [-0.1, -0.05) is 24.3 Å². The van der Waals surface area contributed by atoms with Crippen LogP contribution in [0, 0.1) is 0 Å². The van der Waals surface area contributed by atoms with Gasteiger partial charge in [0.1, 0.15) is 0 Å². The minimum absolute atomic E-state index is 0. The standard InChI is InChI=1S/C16H14N2S.ClH/c17-14-7-12(14)10-5-6-15(18-8-10)13-9-19-16-4-2-1-3-11(13)16;/h1-6,8-9,12,14H,7,17H2;1H/t12-,14+;/m1./s1. The van der Waals surface area contributed by atoms with Crippen molar-refractivity contribution in [2.45, 2.75) is 18.4 Å². The van der Waals surface area contributed by atoms with Gasteiger partial charge in [-0.05, 0) is 24.1 Å². The first-order valence-electron chi connectivity index (χ1n) is 6.51. The van der Waals surface area contributed by atoms with Gasteiger partial charge < -0.3 is 5.73 Å². The predicted molar refractivity (Wildman–Crippen MR) is 87.6 cm³/mol. The zero-order chi connectivity index (χ0) is 12.8. The quantitative estimate of drug-likeness (QED) is 0.770. The number of halogens is 1. The number of nitrogens with zero attached hydrogens (tertiary/aromatic N) is 1. The van der Waals surface area contributed by atoms with E-state index in [1.54, 1.807) is 11.3 Å². The molecule has 0 saturated heterocycles. The van der Waals surface area contributed by atoms with E-state index >= 15 is 0 Å². The molecule has 2 N–H and O–H groups in total. The summed E-state index contributed by atoms with van der Waals surface area (Å²) in [5.74, 6) is 0.528. The van der Waals surface area contributed by atoms with E-state index in [0.29, 0.717) is 12.0 Å². The van der Waals surface area contributed by atoms with Gasteiger partial charge in [0.15, 0.2) is 0 Å². The number of pyridine rings is 1. The molecule has 0 unspecified atom stereocenters. The second kappa shape index (κ2) is 5.17. The third-order valence-electron chi connectivity index (χ3n) is 3.81. The van der Waals surface area contributed by atoms with E-state index in [1.165, 1.54) is 21.2 Å². The average molecular weight is 303 g/mol. The van der Waals surface area contributed by atoms with E-state index in [4.69, 9.17) is 5.73 Å². The molecule has 2 aromatic heterocycles. The Bertz CT molecular complexity index is 736. The van der Waals surface area contributed by atoms with Crippen molar-refractivity contribution in [2.75, 3.05) is 0 Å². The van der Waals surface area contributed by atoms with E-state index in [0.717, 1.165) is 12.1 Å². The van der Waals surface area contributed by atoms with E-state index in [-0.39, 0.29) is 12.4 Å². The Morgan fingerprint density at radius 3 is 2.65 bits per heavy atom. The average Bonchev–Trinajstić information content (AvgIpc) is 3.03. The minimum atomic E-state index is 0. The minimum Gasteiger partial charge on any atom is -0.327 e. The number of hydrogen-bond acceptors (Lipinski definition) is 3. The SMILES string of the molecule is Cl.N[C@H]1C[C@@H]1c1ccc(-c2csc3ccccc23)nc1. The molecule has 0 bridgehead atoms. The second-order valence-electron chi connectivity index (χ2n) is 5.13. The van der Waals surface area contributed by atoms with Crippen LogP contribution >= 0.6 is 23.7 Å². The highest BCUT2D eigenvalue weighted by Crippen LogP contribution is 2.39. The van der Waals surface area contributed by atoms with Crippen LogP contribution in [0.1, 0.15) is 17.9 Å². The lowest BCUT2D eigenvalue weighted by Gasteiger charge is -2.02. The molecule has 0 radical (unpaired) electrons. The second-order valence-corrected chi connectivity index (χ2v) is 6.04. The number of nitrogens with two attached hydrogens (primary N) is 1. The summed E-state index contributed by atoms with van der Waals surface area (Å²) in [6, 6.07) is 13.1. The molecule has 4 rings (SSSR count). The maximum atomic E-state index is 5.88. The van der Waals surface area contributed by atoms with Crippen LogP contribution in [0.4, 0.5) is 0 Å². The number of rotatable bonds is 2. The monoisotopic (exact) mass is 302 g/mol. The van der Waals surface area contributed by atoms with Crippen LogP contribution in [0.15, 0.2) is 48.0 Å². The number of aromatic nitrogens is 1. The topological polar surface area (TPSA) is 38.9 Å². The van der Waals surface area contributed by atoms with Crippen LogP contribution in [0.2, 0.25) is 0 Å². The van der Waals surface area contributed by atoms with Crippen molar-refractivity contribution < 1.29 is 0 Å². The third-order valence-corrected chi connectivity index (χ3v) is 4.77. The van der Waals surface area contributed by atoms with Crippen molar-refractivity contribution in [1.82, 2.24) is 4.98 Å². The van der Waals surface area contributed by atoms with Crippen LogP contribution in [-0.2, 0) is 0 Å². The van der Waals surface area contributed by atoms with Gasteiger partial charge in [-0.3, -0.25) is 4.98 Å². The number of thiophene rings is 1. The molecule has 2 atom stereocenters. The van der Waals surface area contributed by atoms with E-state index in [9.17, 15) is 0 Å². The molecular formula is C16H15ClN2S. The first-order chi connectivity index (χ1) is 9.33. The molecule has 2 heterocycles. The van der Waals surface area contributed by atoms with Crippen LogP contribution < -0.4 is 5.73 Å². The molecule has 1 fully saturated rings. The van der Waals surface area contributed by atoms with Gasteiger partial charge in [0.05, 0.1) is 5.69 Å². The smallest absolute Gasteiger partial charge is 0.0716 e. The highest BCUT2D eigenvalue weighted by atomic mass is 35.5. The molecule has 4 heteroatoms. The Labute approximate surface area is 128 Å². The van der Waals surface area contributed by atoms with Crippen LogP contribution in [0.25, 0.3) is 21.3 Å². The maximum Gasteiger partial charge on any atom is 0.0716 e. The molecule has 0 aliphatic heterocycles. The fourth-order valence-corrected chi connectivity index (χ4v) is 3.51. The largest absolute Gasteiger partial charge is 0.327 e. The zero-order valence-corrected chi connectivity index (χ0v) is 12.5. The zero-order valence-electron chi connectivity index (χ0n) is 10.8. The van der Waals surface area contributed by atoms with Gasteiger partial charge in [-0.25, -0.2) is 0 Å². The summed E-state index contributed by atoms with van der Waals surface area (Å²) in [5.41, 5.74) is 9.43. The molecule has 1 saturated carbocycles. The summed E-state index contributed by atoms with van der Waals surface area (Å²) < 4.78 is 1.31. The Balaban J connectivity index is 0.00000121. The Morgan fingerprint density at radius 2 is 1.95 bits per heavy atom. The van der Waals surface area contributed by atoms with Crippen molar-refractivity contribution >= 4 is 33.8 Å². The molecule has 0 spiro atoms. The van der Waals surface area contributed by atoms with Crippen LogP contribution in [0.5, 0.6) is 0 Å². The first kappa shape index (κ1) is 13.6. The molecule has 2 nitrogen and oxygen atoms in total. The lowest BCUT2D eigenvalue weighted by atomic mass is 10.1. The maximum absolute atomic E-state index is 5.88. The molecule has 0 amide bonds. The molecule has 3 aromatic rings. The van der Waals surface area contributed by atoms with Crippen molar-refractivity contribution in [3.05, 3.63) is 53.5 Å². The molecular weight excluding hydrogens is 288 g/mol. The van der Waals surface area contributed by atoms with Gasteiger partial charge in [-0.15, -0.1) is 23.7 Å². The normalized spacial score (nSPS) is 20.6. The molecule has 102 valence electrons. The fourth-order valence-electron chi connectivity index (χ4n) is 2.56. The first-order valence-corrected chi connectivity index (χ1v) is 7.39. The van der Waals surface area contributed by atoms with Crippen molar-refractivity contribution in [2.24, 2.45) is 5.73 Å². The van der Waals surface area contributed by atoms with Gasteiger partial charge >= 0.3 is 0 Å². The van der Waals surface area contributed by atoms with Gasteiger partial charge in [0, 0.05) is 39.2 Å². The van der Waals surface area contributed by atoms with E-state index < -0.39 is 0 Å². The van der Waals surface area contributed by atoms with E-state index in [2.05, 4.69) is 46.8 Å². The lowest BCUT2D eigenvalue weighted by molar-refractivity contribution is 0.981. The Morgan fingerprint density at radius 1 is 1.15 bits per heavy atom. The summed E-state index contributed by atoms with van der Waals surface area (Å²) in [6.45, 7) is 0. The Hall–Kier alpha value is -1.42. The molecule has 1 aromatic carbocycles. The summed E-state index contributed by atoms with van der Waals surface area (Å²) in [6.07, 6.45) is 3.09. The van der Waals surface area contributed by atoms with Crippen LogP contribution in [-0.4, -0.2) is 11.0 Å². The summed E-state index contributed by atoms with van der Waals surface area (Å²) in [5, 5.41) is 3.48. The summed E-state index contributed by atoms with van der Waals surface area (Å²) >= 11 is 1.77. The number of hydrogen-bond donors (Lipinski definition) is 1. The van der Waals surface area contributed by atoms with Crippen molar-refractivity contribution in [3.63, 3.8) is 0 Å². The third kappa shape index (κ3) is 2.22.